The van der Waals surface area contributed by atoms with Crippen LogP contribution in [0.2, 0.25) is 0 Å². The first-order valence-electron chi connectivity index (χ1n) is 6.01. The highest BCUT2D eigenvalue weighted by Gasteiger charge is 2.31. The Hall–Kier alpha value is -1.89. The fourth-order valence-electron chi connectivity index (χ4n) is 1.78. The first-order valence-corrected chi connectivity index (χ1v) is 7.66. The average molecular weight is 315 g/mol. The van der Waals surface area contributed by atoms with Crippen molar-refractivity contribution < 1.29 is 21.6 Å². The van der Waals surface area contributed by atoms with Gasteiger partial charge in [-0.15, -0.1) is 0 Å². The summed E-state index contributed by atoms with van der Waals surface area (Å²) in [6, 6.07) is 8.52. The van der Waals surface area contributed by atoms with E-state index < -0.39 is 21.6 Å². The van der Waals surface area contributed by atoms with E-state index in [1.807, 2.05) is 0 Å². The third-order valence-electron chi connectivity index (χ3n) is 2.99. The quantitative estimate of drug-likeness (QED) is 0.872. The normalized spacial score (nSPS) is 12.4. The SMILES string of the molecule is Cc1ccccc1CS(=O)(=O)c1ccc(C(F)(F)F)cn1. The molecule has 1 aromatic heterocycles. The summed E-state index contributed by atoms with van der Waals surface area (Å²) in [4.78, 5) is 3.43. The van der Waals surface area contributed by atoms with E-state index in [4.69, 9.17) is 0 Å². The largest absolute Gasteiger partial charge is 0.417 e. The van der Waals surface area contributed by atoms with Crippen molar-refractivity contribution in [3.05, 3.63) is 59.3 Å². The van der Waals surface area contributed by atoms with Crippen LogP contribution in [-0.4, -0.2) is 13.4 Å². The summed E-state index contributed by atoms with van der Waals surface area (Å²) in [6.45, 7) is 1.77. The summed E-state index contributed by atoms with van der Waals surface area (Å²) in [5, 5.41) is -0.362. The average Bonchev–Trinajstić information content (AvgIpc) is 2.40. The molecule has 0 unspecified atom stereocenters. The summed E-state index contributed by atoms with van der Waals surface area (Å²) in [6.07, 6.45) is -4.00. The summed E-state index contributed by atoms with van der Waals surface area (Å²) >= 11 is 0. The lowest BCUT2D eigenvalue weighted by Crippen LogP contribution is -2.10. The number of nitrogens with zero attached hydrogens (tertiary/aromatic N) is 1. The third-order valence-corrected chi connectivity index (χ3v) is 4.56. The van der Waals surface area contributed by atoms with Gasteiger partial charge in [0.2, 0.25) is 0 Å². The van der Waals surface area contributed by atoms with Crippen LogP contribution in [0.15, 0.2) is 47.6 Å². The molecule has 21 heavy (non-hydrogen) atoms. The van der Waals surface area contributed by atoms with Crippen molar-refractivity contribution in [3.8, 4) is 0 Å². The van der Waals surface area contributed by atoms with E-state index >= 15 is 0 Å². The molecule has 3 nitrogen and oxygen atoms in total. The molecule has 0 saturated heterocycles. The Morgan fingerprint density at radius 3 is 2.29 bits per heavy atom. The van der Waals surface area contributed by atoms with Gasteiger partial charge in [0.05, 0.1) is 11.3 Å². The van der Waals surface area contributed by atoms with Gasteiger partial charge in [0.1, 0.15) is 0 Å². The summed E-state index contributed by atoms with van der Waals surface area (Å²) < 4.78 is 61.6. The molecule has 0 aliphatic carbocycles. The van der Waals surface area contributed by atoms with E-state index in [9.17, 15) is 21.6 Å². The predicted octanol–water partition coefficient (Wildman–Crippen LogP) is 3.38. The second-order valence-electron chi connectivity index (χ2n) is 4.57. The van der Waals surface area contributed by atoms with Gasteiger partial charge in [-0.1, -0.05) is 24.3 Å². The topological polar surface area (TPSA) is 47.0 Å². The summed E-state index contributed by atoms with van der Waals surface area (Å²) in [5.74, 6) is -0.294. The van der Waals surface area contributed by atoms with Crippen LogP contribution >= 0.6 is 0 Å². The zero-order valence-corrected chi connectivity index (χ0v) is 11.9. The fourth-order valence-corrected chi connectivity index (χ4v) is 3.15. The van der Waals surface area contributed by atoms with Gasteiger partial charge in [-0.3, -0.25) is 0 Å². The molecule has 0 N–H and O–H groups in total. The Labute approximate surface area is 120 Å². The van der Waals surface area contributed by atoms with Crippen LogP contribution in [-0.2, 0) is 21.8 Å². The molecule has 0 aliphatic heterocycles. The number of aromatic nitrogens is 1. The number of alkyl halides is 3. The van der Waals surface area contributed by atoms with Crippen molar-refractivity contribution in [2.45, 2.75) is 23.9 Å². The summed E-state index contributed by atoms with van der Waals surface area (Å²) in [7, 11) is -3.78. The zero-order valence-electron chi connectivity index (χ0n) is 11.1. The lowest BCUT2D eigenvalue weighted by atomic mass is 10.1. The predicted molar refractivity (Wildman–Crippen MR) is 71.3 cm³/mol. The van der Waals surface area contributed by atoms with Gasteiger partial charge in [-0.25, -0.2) is 13.4 Å². The van der Waals surface area contributed by atoms with Crippen LogP contribution in [0, 0.1) is 6.92 Å². The highest BCUT2D eigenvalue weighted by Crippen LogP contribution is 2.29. The van der Waals surface area contributed by atoms with Gasteiger partial charge in [0.25, 0.3) is 0 Å². The minimum atomic E-state index is -4.54. The first kappa shape index (κ1) is 15.5. The molecule has 0 aliphatic rings. The Balaban J connectivity index is 2.30. The van der Waals surface area contributed by atoms with E-state index in [1.165, 1.54) is 0 Å². The smallest absolute Gasteiger partial charge is 0.244 e. The van der Waals surface area contributed by atoms with Gasteiger partial charge in [-0.05, 0) is 30.2 Å². The molecule has 112 valence electrons. The minimum Gasteiger partial charge on any atom is -0.244 e. The maximum Gasteiger partial charge on any atom is 0.417 e. The highest BCUT2D eigenvalue weighted by molar-refractivity contribution is 7.90. The number of sulfone groups is 1. The van der Waals surface area contributed by atoms with Crippen molar-refractivity contribution >= 4 is 9.84 Å². The van der Waals surface area contributed by atoms with Gasteiger partial charge in [-0.2, -0.15) is 13.2 Å². The second-order valence-corrected chi connectivity index (χ2v) is 6.50. The highest BCUT2D eigenvalue weighted by atomic mass is 32.2. The lowest BCUT2D eigenvalue weighted by molar-refractivity contribution is -0.137. The number of halogens is 3. The molecule has 0 fully saturated rings. The fraction of sp³-hybridized carbons (Fsp3) is 0.214. The molecular formula is C14H12F3NO2S. The van der Waals surface area contributed by atoms with Gasteiger partial charge in [0, 0.05) is 6.20 Å². The molecule has 0 radical (unpaired) electrons. The Kier molecular flexibility index (Phi) is 4.04. The number of aryl methyl sites for hydroxylation is 1. The van der Waals surface area contributed by atoms with E-state index in [1.54, 1.807) is 31.2 Å². The molecule has 1 aromatic carbocycles. The number of hydrogen-bond donors (Lipinski definition) is 0. The van der Waals surface area contributed by atoms with Crippen LogP contribution in [0.1, 0.15) is 16.7 Å². The van der Waals surface area contributed by atoms with Crippen molar-refractivity contribution in [2.75, 3.05) is 0 Å². The van der Waals surface area contributed by atoms with E-state index in [0.717, 1.165) is 17.7 Å². The molecule has 0 atom stereocenters. The zero-order chi connectivity index (χ0) is 15.7. The standard InChI is InChI=1S/C14H12F3NO2S/c1-10-4-2-3-5-11(10)9-21(19,20)13-7-6-12(8-18-13)14(15,16)17/h2-8H,9H2,1H3. The van der Waals surface area contributed by atoms with Crippen LogP contribution in [0.4, 0.5) is 13.2 Å². The number of benzene rings is 1. The third kappa shape index (κ3) is 3.60. The van der Waals surface area contributed by atoms with Crippen LogP contribution in [0.25, 0.3) is 0 Å². The number of rotatable bonds is 3. The molecule has 2 aromatic rings. The maximum atomic E-state index is 12.4. The molecule has 0 saturated carbocycles. The van der Waals surface area contributed by atoms with E-state index in [-0.39, 0.29) is 10.8 Å². The maximum absolute atomic E-state index is 12.4. The van der Waals surface area contributed by atoms with Crippen molar-refractivity contribution in [1.29, 1.82) is 0 Å². The van der Waals surface area contributed by atoms with Crippen molar-refractivity contribution in [2.24, 2.45) is 0 Å². The monoisotopic (exact) mass is 315 g/mol. The number of pyridine rings is 1. The first-order chi connectivity index (χ1) is 9.70. The van der Waals surface area contributed by atoms with E-state index in [0.29, 0.717) is 11.8 Å². The second kappa shape index (κ2) is 5.48. The summed E-state index contributed by atoms with van der Waals surface area (Å²) in [5.41, 5.74) is 0.421. The molecule has 0 bridgehead atoms. The molecular weight excluding hydrogens is 303 g/mol. The van der Waals surface area contributed by atoms with Crippen LogP contribution < -0.4 is 0 Å². The molecule has 2 rings (SSSR count). The molecule has 1 heterocycles. The Morgan fingerprint density at radius 1 is 1.10 bits per heavy atom. The van der Waals surface area contributed by atoms with Crippen LogP contribution in [0.3, 0.4) is 0 Å². The van der Waals surface area contributed by atoms with Crippen molar-refractivity contribution in [3.63, 3.8) is 0 Å². The van der Waals surface area contributed by atoms with Crippen molar-refractivity contribution in [1.82, 2.24) is 4.98 Å². The molecule has 0 spiro atoms. The number of hydrogen-bond acceptors (Lipinski definition) is 3. The van der Waals surface area contributed by atoms with Gasteiger partial charge in [0.15, 0.2) is 14.9 Å². The molecule has 7 heteroatoms. The van der Waals surface area contributed by atoms with Crippen LogP contribution in [0.5, 0.6) is 0 Å². The minimum absolute atomic E-state index is 0.294. The molecule has 0 amide bonds. The Bertz CT molecular complexity index is 738. The van der Waals surface area contributed by atoms with E-state index in [2.05, 4.69) is 4.98 Å². The van der Waals surface area contributed by atoms with Gasteiger partial charge < -0.3 is 0 Å². The Morgan fingerprint density at radius 2 is 1.76 bits per heavy atom. The lowest BCUT2D eigenvalue weighted by Gasteiger charge is -2.09. The van der Waals surface area contributed by atoms with Gasteiger partial charge >= 0.3 is 6.18 Å².